The van der Waals surface area contributed by atoms with Crippen LogP contribution in [-0.4, -0.2) is 18.1 Å². The second-order valence-corrected chi connectivity index (χ2v) is 5.50. The summed E-state index contributed by atoms with van der Waals surface area (Å²) < 4.78 is 0. The summed E-state index contributed by atoms with van der Waals surface area (Å²) >= 11 is 0. The Hall–Kier alpha value is -1.87. The smallest absolute Gasteiger partial charge is 0.0441 e. The van der Waals surface area contributed by atoms with Crippen LogP contribution in [0.1, 0.15) is 24.0 Å². The molecule has 0 spiro atoms. The first-order chi connectivity index (χ1) is 9.83. The van der Waals surface area contributed by atoms with Crippen molar-refractivity contribution in [3.8, 4) is 0 Å². The lowest BCUT2D eigenvalue weighted by Gasteiger charge is -2.22. The van der Waals surface area contributed by atoms with Crippen LogP contribution < -0.4 is 10.2 Å². The number of hydrogen-bond donors (Lipinski definition) is 1. The predicted molar refractivity (Wildman–Crippen MR) is 82.6 cm³/mol. The van der Waals surface area contributed by atoms with Gasteiger partial charge in [0.1, 0.15) is 0 Å². The summed E-state index contributed by atoms with van der Waals surface area (Å²) in [6, 6.07) is 13.5. The van der Waals surface area contributed by atoms with Gasteiger partial charge < -0.3 is 10.2 Å². The molecule has 20 heavy (non-hydrogen) atoms. The van der Waals surface area contributed by atoms with Crippen LogP contribution in [0.3, 0.4) is 0 Å². The Morgan fingerprint density at radius 1 is 1.20 bits per heavy atom. The third-order valence-corrected chi connectivity index (χ3v) is 3.70. The molecule has 104 valence electrons. The molecular formula is C17H21N3. The second-order valence-electron chi connectivity index (χ2n) is 5.50. The van der Waals surface area contributed by atoms with Crippen LogP contribution in [0.4, 0.5) is 5.69 Å². The second kappa shape index (κ2) is 6.06. The van der Waals surface area contributed by atoms with Gasteiger partial charge in [-0.25, -0.2) is 0 Å². The minimum atomic E-state index is 0.742. The number of benzene rings is 1. The Kier molecular flexibility index (Phi) is 3.97. The molecule has 0 saturated heterocycles. The van der Waals surface area contributed by atoms with Crippen LogP contribution in [0.5, 0.6) is 0 Å². The van der Waals surface area contributed by atoms with Crippen molar-refractivity contribution < 1.29 is 0 Å². The number of aromatic nitrogens is 1. The van der Waals surface area contributed by atoms with Crippen molar-refractivity contribution in [2.45, 2.75) is 32.0 Å². The standard InChI is InChI=1S/C17H21N3/c1-20(13-14-5-4-10-18-11-14)17-7-3-2-6-15(17)12-19-16-8-9-16/h2-7,10-11,16,19H,8-9,12-13H2,1H3. The maximum absolute atomic E-state index is 4.18. The molecule has 0 bridgehead atoms. The fourth-order valence-corrected chi connectivity index (χ4v) is 2.43. The van der Waals surface area contributed by atoms with Crippen LogP contribution in [0.25, 0.3) is 0 Å². The molecule has 2 aromatic rings. The van der Waals surface area contributed by atoms with Gasteiger partial charge in [0.25, 0.3) is 0 Å². The van der Waals surface area contributed by atoms with Crippen molar-refractivity contribution in [3.63, 3.8) is 0 Å². The van der Waals surface area contributed by atoms with Crippen LogP contribution in [0.2, 0.25) is 0 Å². The molecule has 0 atom stereocenters. The summed E-state index contributed by atoms with van der Waals surface area (Å²) in [4.78, 5) is 6.48. The number of anilines is 1. The van der Waals surface area contributed by atoms with E-state index in [-0.39, 0.29) is 0 Å². The van der Waals surface area contributed by atoms with Crippen LogP contribution >= 0.6 is 0 Å². The molecule has 3 nitrogen and oxygen atoms in total. The number of hydrogen-bond acceptors (Lipinski definition) is 3. The summed E-state index contributed by atoms with van der Waals surface area (Å²) in [5, 5.41) is 3.59. The molecule has 1 aliphatic carbocycles. The highest BCUT2D eigenvalue weighted by Gasteiger charge is 2.20. The summed E-state index contributed by atoms with van der Waals surface area (Å²) in [5.74, 6) is 0. The topological polar surface area (TPSA) is 28.2 Å². The van der Waals surface area contributed by atoms with Crippen molar-refractivity contribution in [1.29, 1.82) is 0 Å². The van der Waals surface area contributed by atoms with E-state index < -0.39 is 0 Å². The van der Waals surface area contributed by atoms with Gasteiger partial charge in [0, 0.05) is 44.3 Å². The molecule has 1 heterocycles. The first kappa shape index (κ1) is 13.1. The van der Waals surface area contributed by atoms with Crippen LogP contribution in [-0.2, 0) is 13.1 Å². The maximum atomic E-state index is 4.18. The van der Waals surface area contributed by atoms with Gasteiger partial charge in [-0.3, -0.25) is 4.98 Å². The monoisotopic (exact) mass is 267 g/mol. The Labute approximate surface area is 120 Å². The van der Waals surface area contributed by atoms with Crippen LogP contribution in [0, 0.1) is 0 Å². The van der Waals surface area contributed by atoms with E-state index in [1.54, 1.807) is 0 Å². The molecule has 1 aliphatic rings. The average molecular weight is 267 g/mol. The van der Waals surface area contributed by atoms with E-state index >= 15 is 0 Å². The molecule has 1 aromatic heterocycles. The summed E-state index contributed by atoms with van der Waals surface area (Å²) in [6.07, 6.45) is 6.40. The third kappa shape index (κ3) is 3.36. The highest BCUT2D eigenvalue weighted by Crippen LogP contribution is 2.23. The van der Waals surface area contributed by atoms with Gasteiger partial charge in [-0.05, 0) is 36.1 Å². The van der Waals surface area contributed by atoms with Gasteiger partial charge in [0.05, 0.1) is 0 Å². The van der Waals surface area contributed by atoms with E-state index in [1.165, 1.54) is 29.7 Å². The van der Waals surface area contributed by atoms with E-state index in [1.807, 2.05) is 18.5 Å². The van der Waals surface area contributed by atoms with E-state index in [4.69, 9.17) is 0 Å². The fraction of sp³-hybridized carbons (Fsp3) is 0.353. The fourth-order valence-electron chi connectivity index (χ4n) is 2.43. The molecule has 1 saturated carbocycles. The number of para-hydroxylation sites is 1. The lowest BCUT2D eigenvalue weighted by molar-refractivity contribution is 0.685. The average Bonchev–Trinajstić information content (AvgIpc) is 3.31. The zero-order valence-electron chi connectivity index (χ0n) is 11.9. The predicted octanol–water partition coefficient (Wildman–Crippen LogP) is 2.97. The van der Waals surface area contributed by atoms with Gasteiger partial charge in [-0.1, -0.05) is 24.3 Å². The molecule has 1 fully saturated rings. The number of pyridine rings is 1. The third-order valence-electron chi connectivity index (χ3n) is 3.70. The van der Waals surface area contributed by atoms with E-state index in [0.717, 1.165) is 19.1 Å². The Morgan fingerprint density at radius 2 is 2.05 bits per heavy atom. The lowest BCUT2D eigenvalue weighted by atomic mass is 10.1. The normalized spacial score (nSPS) is 14.2. The Bertz CT molecular complexity index is 549. The van der Waals surface area contributed by atoms with Gasteiger partial charge in [-0.2, -0.15) is 0 Å². The molecule has 3 rings (SSSR count). The number of nitrogens with zero attached hydrogens (tertiary/aromatic N) is 2. The first-order valence-corrected chi connectivity index (χ1v) is 7.24. The Morgan fingerprint density at radius 3 is 2.80 bits per heavy atom. The molecule has 0 unspecified atom stereocenters. The molecular weight excluding hydrogens is 246 g/mol. The number of nitrogens with one attached hydrogen (secondary N) is 1. The summed E-state index contributed by atoms with van der Waals surface area (Å²) in [5.41, 5.74) is 3.90. The molecule has 0 amide bonds. The van der Waals surface area contributed by atoms with Crippen molar-refractivity contribution in [1.82, 2.24) is 10.3 Å². The minimum Gasteiger partial charge on any atom is -0.370 e. The maximum Gasteiger partial charge on any atom is 0.0441 e. The SMILES string of the molecule is CN(Cc1cccnc1)c1ccccc1CNC1CC1. The first-order valence-electron chi connectivity index (χ1n) is 7.24. The minimum absolute atomic E-state index is 0.742. The summed E-state index contributed by atoms with van der Waals surface area (Å²) in [6.45, 7) is 1.84. The van der Waals surface area contributed by atoms with Crippen molar-refractivity contribution in [2.75, 3.05) is 11.9 Å². The van der Waals surface area contributed by atoms with E-state index in [0.29, 0.717) is 0 Å². The van der Waals surface area contributed by atoms with Gasteiger partial charge in [-0.15, -0.1) is 0 Å². The molecule has 1 aromatic carbocycles. The zero-order chi connectivity index (χ0) is 13.8. The zero-order valence-corrected chi connectivity index (χ0v) is 11.9. The van der Waals surface area contributed by atoms with Gasteiger partial charge in [0.15, 0.2) is 0 Å². The van der Waals surface area contributed by atoms with Crippen molar-refractivity contribution in [3.05, 3.63) is 59.9 Å². The summed E-state index contributed by atoms with van der Waals surface area (Å²) in [7, 11) is 2.14. The van der Waals surface area contributed by atoms with Gasteiger partial charge in [0.2, 0.25) is 0 Å². The van der Waals surface area contributed by atoms with Gasteiger partial charge >= 0.3 is 0 Å². The highest BCUT2D eigenvalue weighted by molar-refractivity contribution is 5.53. The quantitative estimate of drug-likeness (QED) is 0.872. The number of rotatable bonds is 6. The molecule has 1 N–H and O–H groups in total. The van der Waals surface area contributed by atoms with Crippen molar-refractivity contribution >= 4 is 5.69 Å². The largest absolute Gasteiger partial charge is 0.370 e. The van der Waals surface area contributed by atoms with E-state index in [9.17, 15) is 0 Å². The molecule has 0 radical (unpaired) electrons. The van der Waals surface area contributed by atoms with Crippen molar-refractivity contribution in [2.24, 2.45) is 0 Å². The molecule has 3 heteroatoms. The Balaban J connectivity index is 1.71. The van der Waals surface area contributed by atoms with Crippen LogP contribution in [0.15, 0.2) is 48.8 Å². The molecule has 0 aliphatic heterocycles. The highest BCUT2D eigenvalue weighted by atomic mass is 15.1. The van der Waals surface area contributed by atoms with E-state index in [2.05, 4.69) is 52.6 Å². The lowest BCUT2D eigenvalue weighted by Crippen LogP contribution is -2.21.